The number of hydrogen-bond donors (Lipinski definition) is 2. The van der Waals surface area contributed by atoms with Gasteiger partial charge in [-0.05, 0) is 43.5 Å². The summed E-state index contributed by atoms with van der Waals surface area (Å²) in [5, 5.41) is 27.6. The summed E-state index contributed by atoms with van der Waals surface area (Å²) in [7, 11) is 0. The lowest BCUT2D eigenvalue weighted by Crippen LogP contribution is -2.45. The molecule has 37 heavy (non-hydrogen) atoms. The van der Waals surface area contributed by atoms with Crippen LogP contribution < -0.4 is 15.5 Å². The largest absolute Gasteiger partial charge is 0.507 e. The SMILES string of the molecule is CC1CCN(c2cc(-c3ccccc3O)nnc2N)CCN1c1ccnc(C#CCN2CC(C#N)C2)n1. The number of nitrogens with zero attached hydrogens (tertiary/aromatic N) is 8. The van der Waals surface area contributed by atoms with Gasteiger partial charge in [-0.25, -0.2) is 9.97 Å². The van der Waals surface area contributed by atoms with Crippen molar-refractivity contribution < 1.29 is 5.11 Å². The predicted octanol–water partition coefficient (Wildman–Crippen LogP) is 2.13. The number of nitriles is 1. The number of phenolic OH excluding ortho intramolecular Hbond substituents is 1. The molecule has 2 aliphatic heterocycles. The fourth-order valence-electron chi connectivity index (χ4n) is 4.69. The smallest absolute Gasteiger partial charge is 0.206 e. The van der Waals surface area contributed by atoms with E-state index in [4.69, 9.17) is 16.0 Å². The van der Waals surface area contributed by atoms with E-state index in [2.05, 4.69) is 54.7 Å². The van der Waals surface area contributed by atoms with Crippen molar-refractivity contribution in [3.8, 4) is 34.9 Å². The van der Waals surface area contributed by atoms with Gasteiger partial charge in [-0.2, -0.15) is 5.26 Å². The highest BCUT2D eigenvalue weighted by molar-refractivity contribution is 5.74. The Morgan fingerprint density at radius 1 is 1.14 bits per heavy atom. The zero-order valence-corrected chi connectivity index (χ0v) is 20.7. The van der Waals surface area contributed by atoms with Crippen molar-refractivity contribution in [3.63, 3.8) is 0 Å². The number of nitrogens with two attached hydrogens (primary N) is 1. The molecule has 0 radical (unpaired) electrons. The molecule has 5 rings (SSSR count). The molecule has 2 aromatic heterocycles. The van der Waals surface area contributed by atoms with Crippen molar-refractivity contribution in [3.05, 3.63) is 48.4 Å². The standard InChI is InChI=1S/C27H29N9O/c1-19-9-12-35(23-15-22(32-33-27(23)29)21-5-2-3-6-24(21)37)13-14-36(19)26-8-10-30-25(31-26)7-4-11-34-17-20(16-28)18-34/h2-3,5-6,8,10,15,19-20,37H,9,11-14,17-18H2,1H3,(H2,29,33). The molecule has 3 aromatic rings. The molecule has 0 aliphatic carbocycles. The fraction of sp³-hybridized carbons (Fsp3) is 0.370. The zero-order chi connectivity index (χ0) is 25.8. The summed E-state index contributed by atoms with van der Waals surface area (Å²) >= 11 is 0. The van der Waals surface area contributed by atoms with Crippen molar-refractivity contribution in [2.45, 2.75) is 19.4 Å². The molecule has 10 nitrogen and oxygen atoms in total. The van der Waals surface area contributed by atoms with Crippen LogP contribution in [0, 0.1) is 29.1 Å². The Hall–Kier alpha value is -4.41. The topological polar surface area (TPSA) is 131 Å². The van der Waals surface area contributed by atoms with Crippen molar-refractivity contribution in [2.24, 2.45) is 5.92 Å². The van der Waals surface area contributed by atoms with Gasteiger partial charge in [0.1, 0.15) is 11.6 Å². The monoisotopic (exact) mass is 495 g/mol. The summed E-state index contributed by atoms with van der Waals surface area (Å²) in [6.07, 6.45) is 2.65. The van der Waals surface area contributed by atoms with E-state index >= 15 is 0 Å². The molecule has 0 spiro atoms. The number of hydrogen-bond acceptors (Lipinski definition) is 10. The van der Waals surface area contributed by atoms with Crippen molar-refractivity contribution in [2.75, 3.05) is 54.8 Å². The number of nitrogen functional groups attached to an aromatic ring is 1. The molecule has 0 saturated carbocycles. The molecule has 188 valence electrons. The normalized spacial score (nSPS) is 18.3. The highest BCUT2D eigenvalue weighted by atomic mass is 16.3. The van der Waals surface area contributed by atoms with E-state index in [1.54, 1.807) is 18.3 Å². The molecule has 2 fully saturated rings. The van der Waals surface area contributed by atoms with E-state index in [0.717, 1.165) is 50.6 Å². The van der Waals surface area contributed by atoms with E-state index in [1.165, 1.54) is 0 Å². The molecule has 3 N–H and O–H groups in total. The summed E-state index contributed by atoms with van der Waals surface area (Å²) in [6, 6.07) is 13.4. The first-order valence-electron chi connectivity index (χ1n) is 12.4. The molecule has 2 saturated heterocycles. The van der Waals surface area contributed by atoms with E-state index in [0.29, 0.717) is 29.4 Å². The Bertz CT molecular complexity index is 1370. The van der Waals surface area contributed by atoms with E-state index < -0.39 is 0 Å². The third kappa shape index (κ3) is 5.40. The molecule has 2 aliphatic rings. The van der Waals surface area contributed by atoms with Gasteiger partial charge in [-0.1, -0.05) is 18.1 Å². The lowest BCUT2D eigenvalue weighted by atomic mass is 10.0. The third-order valence-electron chi connectivity index (χ3n) is 6.86. The van der Waals surface area contributed by atoms with Crippen molar-refractivity contribution >= 4 is 17.3 Å². The van der Waals surface area contributed by atoms with E-state index in [1.807, 2.05) is 24.3 Å². The van der Waals surface area contributed by atoms with Crippen molar-refractivity contribution in [1.82, 2.24) is 25.1 Å². The average molecular weight is 496 g/mol. The highest BCUT2D eigenvalue weighted by Crippen LogP contribution is 2.32. The second kappa shape index (κ2) is 10.7. The second-order valence-electron chi connectivity index (χ2n) is 9.40. The number of aromatic hydroxyl groups is 1. The van der Waals surface area contributed by atoms with Gasteiger partial charge in [0, 0.05) is 50.5 Å². The molecule has 1 unspecified atom stereocenters. The number of likely N-dealkylation sites (tertiary alicyclic amines) is 1. The Morgan fingerprint density at radius 3 is 2.78 bits per heavy atom. The average Bonchev–Trinajstić information content (AvgIpc) is 3.08. The molecule has 0 bridgehead atoms. The van der Waals surface area contributed by atoms with Gasteiger partial charge >= 0.3 is 0 Å². The van der Waals surface area contributed by atoms with Crippen LogP contribution in [0.5, 0.6) is 5.75 Å². The van der Waals surface area contributed by atoms with Gasteiger partial charge in [0.2, 0.25) is 5.82 Å². The molecule has 0 amide bonds. The number of aromatic nitrogens is 4. The number of anilines is 3. The maximum absolute atomic E-state index is 10.3. The number of benzene rings is 1. The number of para-hydroxylation sites is 1. The Labute approximate surface area is 216 Å². The summed E-state index contributed by atoms with van der Waals surface area (Å²) < 4.78 is 0. The lowest BCUT2D eigenvalue weighted by Gasteiger charge is -2.33. The van der Waals surface area contributed by atoms with Gasteiger partial charge in [0.25, 0.3) is 0 Å². The van der Waals surface area contributed by atoms with E-state index in [9.17, 15) is 5.11 Å². The molecule has 4 heterocycles. The van der Waals surface area contributed by atoms with Gasteiger partial charge in [-0.15, -0.1) is 10.2 Å². The van der Waals surface area contributed by atoms with Gasteiger partial charge in [0.15, 0.2) is 5.82 Å². The minimum Gasteiger partial charge on any atom is -0.507 e. The minimum atomic E-state index is 0.126. The predicted molar refractivity (Wildman–Crippen MR) is 142 cm³/mol. The van der Waals surface area contributed by atoms with Crippen LogP contribution in [0.15, 0.2) is 42.6 Å². The van der Waals surface area contributed by atoms with Crippen LogP contribution in [-0.4, -0.2) is 75.5 Å². The fourth-order valence-corrected chi connectivity index (χ4v) is 4.69. The lowest BCUT2D eigenvalue weighted by molar-refractivity contribution is 0.156. The van der Waals surface area contributed by atoms with Crippen LogP contribution in [0.4, 0.5) is 17.3 Å². The summed E-state index contributed by atoms with van der Waals surface area (Å²) in [4.78, 5) is 15.7. The first-order chi connectivity index (χ1) is 18.0. The Kier molecular flexibility index (Phi) is 7.02. The maximum Gasteiger partial charge on any atom is 0.206 e. The van der Waals surface area contributed by atoms with Gasteiger partial charge in [0.05, 0.1) is 29.9 Å². The van der Waals surface area contributed by atoms with Crippen LogP contribution in [0.3, 0.4) is 0 Å². The molecule has 1 atom stereocenters. The Balaban J connectivity index is 1.29. The second-order valence-corrected chi connectivity index (χ2v) is 9.40. The number of phenols is 1. The zero-order valence-electron chi connectivity index (χ0n) is 20.7. The minimum absolute atomic E-state index is 0.126. The van der Waals surface area contributed by atoms with Gasteiger partial charge < -0.3 is 20.6 Å². The molecular formula is C27H29N9O. The third-order valence-corrected chi connectivity index (χ3v) is 6.86. The number of rotatable bonds is 4. The van der Waals surface area contributed by atoms with Gasteiger partial charge in [-0.3, -0.25) is 4.90 Å². The van der Waals surface area contributed by atoms with Crippen LogP contribution in [0.1, 0.15) is 19.2 Å². The molecule has 1 aromatic carbocycles. The first-order valence-corrected chi connectivity index (χ1v) is 12.4. The Morgan fingerprint density at radius 2 is 1.97 bits per heavy atom. The van der Waals surface area contributed by atoms with Crippen molar-refractivity contribution in [1.29, 1.82) is 5.26 Å². The maximum atomic E-state index is 10.3. The highest BCUT2D eigenvalue weighted by Gasteiger charge is 2.26. The molecular weight excluding hydrogens is 466 g/mol. The van der Waals surface area contributed by atoms with Crippen LogP contribution >= 0.6 is 0 Å². The summed E-state index contributed by atoms with van der Waals surface area (Å²) in [5.41, 5.74) is 8.25. The summed E-state index contributed by atoms with van der Waals surface area (Å²) in [5.74, 6) is 8.19. The van der Waals surface area contributed by atoms with E-state index in [-0.39, 0.29) is 17.7 Å². The van der Waals surface area contributed by atoms with Crippen LogP contribution in [-0.2, 0) is 0 Å². The quantitative estimate of drug-likeness (QED) is 0.519. The molecule has 10 heteroatoms. The van der Waals surface area contributed by atoms with Crippen LogP contribution in [0.2, 0.25) is 0 Å². The first kappa shape index (κ1) is 24.3. The summed E-state index contributed by atoms with van der Waals surface area (Å²) in [6.45, 7) is 6.62. The van der Waals surface area contributed by atoms with Crippen LogP contribution in [0.25, 0.3) is 11.3 Å².